The predicted molar refractivity (Wildman–Crippen MR) is 36.0 cm³/mol. The topological polar surface area (TPSA) is 3.24 Å². The maximum atomic E-state index is 12.1. The van der Waals surface area contributed by atoms with E-state index in [0.29, 0.717) is 13.0 Å². The molecule has 65 valence electrons. The molecule has 0 aromatic heterocycles. The van der Waals surface area contributed by atoms with Crippen molar-refractivity contribution in [3.8, 4) is 0 Å². The first-order valence-corrected chi connectivity index (χ1v) is 3.60. The molecule has 0 amide bonds. The largest absolute Gasteiger partial charge is 0.404 e. The van der Waals surface area contributed by atoms with Crippen LogP contribution in [0.4, 0.5) is 13.2 Å². The van der Waals surface area contributed by atoms with Crippen molar-refractivity contribution in [1.29, 1.82) is 0 Å². The molecule has 0 aliphatic carbocycles. The van der Waals surface area contributed by atoms with Crippen LogP contribution in [-0.2, 0) is 0 Å². The second-order valence-corrected chi connectivity index (χ2v) is 2.86. The molecule has 1 heterocycles. The van der Waals surface area contributed by atoms with Crippen molar-refractivity contribution in [1.82, 2.24) is 4.90 Å². The van der Waals surface area contributed by atoms with Crippen LogP contribution >= 0.6 is 0 Å². The van der Waals surface area contributed by atoms with Gasteiger partial charge in [0.05, 0.1) is 0 Å². The van der Waals surface area contributed by atoms with E-state index >= 15 is 0 Å². The molecule has 4 heteroatoms. The molecule has 11 heavy (non-hydrogen) atoms. The van der Waals surface area contributed by atoms with Crippen LogP contribution in [0.1, 0.15) is 12.8 Å². The molecule has 0 spiro atoms. The Hall–Kier alpha value is -0.250. The summed E-state index contributed by atoms with van der Waals surface area (Å²) in [6, 6.07) is -1.23. The molecule has 0 saturated carbocycles. The van der Waals surface area contributed by atoms with Crippen molar-refractivity contribution >= 4 is 0 Å². The lowest BCUT2D eigenvalue weighted by atomic mass is 10.0. The Labute approximate surface area is 64.2 Å². The van der Waals surface area contributed by atoms with Gasteiger partial charge in [-0.2, -0.15) is 13.2 Å². The second kappa shape index (κ2) is 3.01. The molecule has 1 unspecified atom stereocenters. The number of nitrogens with zero attached hydrogens (tertiary/aromatic N) is 1. The van der Waals surface area contributed by atoms with Gasteiger partial charge in [-0.1, -0.05) is 0 Å². The van der Waals surface area contributed by atoms with Crippen LogP contribution < -0.4 is 0 Å². The van der Waals surface area contributed by atoms with Gasteiger partial charge in [0.1, 0.15) is 6.04 Å². The number of halogens is 3. The number of hydrogen-bond acceptors (Lipinski definition) is 1. The second-order valence-electron chi connectivity index (χ2n) is 2.86. The molecule has 1 nitrogen and oxygen atoms in total. The fourth-order valence-electron chi connectivity index (χ4n) is 1.33. The first kappa shape index (κ1) is 8.84. The van der Waals surface area contributed by atoms with Crippen molar-refractivity contribution < 1.29 is 13.2 Å². The minimum Gasteiger partial charge on any atom is -0.295 e. The van der Waals surface area contributed by atoms with Gasteiger partial charge in [-0.15, -0.1) is 0 Å². The summed E-state index contributed by atoms with van der Waals surface area (Å²) in [5, 5.41) is 0. The average Bonchev–Trinajstić information content (AvgIpc) is 1.86. The molecule has 0 aromatic carbocycles. The van der Waals surface area contributed by atoms with Crippen LogP contribution in [0.5, 0.6) is 0 Å². The third-order valence-electron chi connectivity index (χ3n) is 1.97. The first-order chi connectivity index (χ1) is 5.02. The van der Waals surface area contributed by atoms with Crippen LogP contribution in [0.25, 0.3) is 0 Å². The first-order valence-electron chi connectivity index (χ1n) is 3.60. The van der Waals surface area contributed by atoms with Gasteiger partial charge in [0.15, 0.2) is 0 Å². The molecule has 1 aliphatic rings. The number of piperidine rings is 1. The Kier molecular flexibility index (Phi) is 2.42. The highest BCUT2D eigenvalue weighted by atomic mass is 19.4. The van der Waals surface area contributed by atoms with Gasteiger partial charge in [0, 0.05) is 6.54 Å². The van der Waals surface area contributed by atoms with Gasteiger partial charge in [0.2, 0.25) is 0 Å². The molecule has 0 N–H and O–H groups in total. The lowest BCUT2D eigenvalue weighted by Crippen LogP contribution is -2.46. The zero-order valence-corrected chi connectivity index (χ0v) is 6.36. The zero-order valence-electron chi connectivity index (χ0n) is 6.36. The van der Waals surface area contributed by atoms with Crippen LogP contribution in [0.15, 0.2) is 0 Å². The summed E-state index contributed by atoms with van der Waals surface area (Å²) in [5.74, 6) is 0. The highest BCUT2D eigenvalue weighted by molar-refractivity contribution is 4.87. The molecule has 1 rings (SSSR count). The Bertz CT molecular complexity index is 132. The summed E-state index contributed by atoms with van der Waals surface area (Å²) < 4.78 is 36.4. The minimum absolute atomic E-state index is 0.208. The van der Waals surface area contributed by atoms with Crippen molar-refractivity contribution in [2.45, 2.75) is 25.1 Å². The lowest BCUT2D eigenvalue weighted by Gasteiger charge is -2.33. The molecule has 1 radical (unpaired) electrons. The highest BCUT2D eigenvalue weighted by Gasteiger charge is 2.42. The zero-order chi connectivity index (χ0) is 8.48. The summed E-state index contributed by atoms with van der Waals surface area (Å²) in [6.07, 6.45) is -1.39. The Morgan fingerprint density at radius 1 is 1.45 bits per heavy atom. The highest BCUT2D eigenvalue weighted by Crippen LogP contribution is 2.30. The van der Waals surface area contributed by atoms with Gasteiger partial charge in [0.25, 0.3) is 0 Å². The van der Waals surface area contributed by atoms with Crippen molar-refractivity contribution in [3.05, 3.63) is 6.42 Å². The number of hydrogen-bond donors (Lipinski definition) is 0. The smallest absolute Gasteiger partial charge is 0.295 e. The van der Waals surface area contributed by atoms with Crippen LogP contribution in [0.3, 0.4) is 0 Å². The quantitative estimate of drug-likeness (QED) is 0.530. The molecule has 1 fully saturated rings. The van der Waals surface area contributed by atoms with E-state index in [9.17, 15) is 13.2 Å². The van der Waals surface area contributed by atoms with E-state index < -0.39 is 12.2 Å². The standard InChI is InChI=1S/C7H11F3N/c1-11-5-3-2-4-6(11)7(8,9)10/h3,6H,2,4-5H2,1H3. The summed E-state index contributed by atoms with van der Waals surface area (Å²) in [5.41, 5.74) is 0. The van der Waals surface area contributed by atoms with Gasteiger partial charge in [-0.25, -0.2) is 0 Å². The molecule has 1 saturated heterocycles. The van der Waals surface area contributed by atoms with Crippen LogP contribution in [-0.4, -0.2) is 30.7 Å². The minimum atomic E-state index is -4.05. The fourth-order valence-corrected chi connectivity index (χ4v) is 1.33. The number of rotatable bonds is 0. The maximum absolute atomic E-state index is 12.1. The molecule has 1 atom stereocenters. The number of likely N-dealkylation sites (tertiary alicyclic amines) is 1. The van der Waals surface area contributed by atoms with E-state index in [-0.39, 0.29) is 6.42 Å². The Morgan fingerprint density at radius 3 is 2.45 bits per heavy atom. The van der Waals surface area contributed by atoms with Gasteiger partial charge in [-0.3, -0.25) is 4.90 Å². The summed E-state index contributed by atoms with van der Waals surface area (Å²) in [4.78, 5) is 1.34. The van der Waals surface area contributed by atoms with Crippen molar-refractivity contribution in [3.63, 3.8) is 0 Å². The van der Waals surface area contributed by atoms with E-state index in [0.717, 1.165) is 0 Å². The van der Waals surface area contributed by atoms with E-state index in [1.54, 1.807) is 0 Å². The van der Waals surface area contributed by atoms with Crippen molar-refractivity contribution in [2.24, 2.45) is 0 Å². The lowest BCUT2D eigenvalue weighted by molar-refractivity contribution is -0.184. The monoisotopic (exact) mass is 166 g/mol. The SMILES string of the molecule is CN1C[CH]CCC1C(F)(F)F. The molecule has 0 aromatic rings. The third kappa shape index (κ3) is 2.09. The molecule has 1 aliphatic heterocycles. The van der Waals surface area contributed by atoms with E-state index in [1.807, 2.05) is 6.42 Å². The predicted octanol–water partition coefficient (Wildman–Crippen LogP) is 1.85. The number of alkyl halides is 3. The summed E-state index contributed by atoms with van der Waals surface area (Å²) >= 11 is 0. The van der Waals surface area contributed by atoms with Gasteiger partial charge in [-0.05, 0) is 26.3 Å². The van der Waals surface area contributed by atoms with Crippen LogP contribution in [0.2, 0.25) is 0 Å². The third-order valence-corrected chi connectivity index (χ3v) is 1.97. The van der Waals surface area contributed by atoms with Gasteiger partial charge >= 0.3 is 6.18 Å². The average molecular weight is 166 g/mol. The summed E-state index contributed by atoms with van der Waals surface area (Å²) in [6.45, 7) is 0.449. The summed E-state index contributed by atoms with van der Waals surface area (Å²) in [7, 11) is 1.51. The fraction of sp³-hybridized carbons (Fsp3) is 0.857. The van der Waals surface area contributed by atoms with Crippen molar-refractivity contribution in [2.75, 3.05) is 13.6 Å². The van der Waals surface area contributed by atoms with E-state index in [2.05, 4.69) is 0 Å². The molecular weight excluding hydrogens is 155 g/mol. The Morgan fingerprint density at radius 2 is 2.09 bits per heavy atom. The van der Waals surface area contributed by atoms with Gasteiger partial charge < -0.3 is 0 Å². The Balaban J connectivity index is 2.55. The van der Waals surface area contributed by atoms with E-state index in [1.165, 1.54) is 11.9 Å². The molecule has 0 bridgehead atoms. The molecular formula is C7H11F3N. The normalized spacial score (nSPS) is 28.9. The van der Waals surface area contributed by atoms with E-state index in [4.69, 9.17) is 0 Å². The van der Waals surface area contributed by atoms with Crippen LogP contribution in [0, 0.1) is 6.42 Å². The maximum Gasteiger partial charge on any atom is 0.404 e.